The highest BCUT2D eigenvalue weighted by Gasteiger charge is 2.23. The fourth-order valence-electron chi connectivity index (χ4n) is 6.87. The Morgan fingerprint density at radius 3 is 1.40 bits per heavy atom. The maximum absolute atomic E-state index is 12.2. The zero-order chi connectivity index (χ0) is 39.9. The quantitative estimate of drug-likeness (QED) is 0.0368. The van der Waals surface area contributed by atoms with Crippen molar-refractivity contribution in [2.45, 2.75) is 191 Å². The van der Waals surface area contributed by atoms with E-state index in [1.54, 1.807) is 0 Å². The second-order valence-corrected chi connectivity index (χ2v) is 19.1. The van der Waals surface area contributed by atoms with E-state index < -0.39 is 13.9 Å². The van der Waals surface area contributed by atoms with Crippen LogP contribution < -0.4 is 5.73 Å². The zero-order valence-corrected chi connectivity index (χ0v) is 37.6. The van der Waals surface area contributed by atoms with Crippen molar-refractivity contribution in [2.24, 2.45) is 41.2 Å². The van der Waals surface area contributed by atoms with Gasteiger partial charge in [0, 0.05) is 6.54 Å². The molecule has 0 fully saturated rings. The first kappa shape index (κ1) is 52.5. The van der Waals surface area contributed by atoms with Gasteiger partial charge in [-0.1, -0.05) is 169 Å². The van der Waals surface area contributed by atoms with E-state index in [9.17, 15) is 9.46 Å². The molecular formula is C45H90NO6P. The van der Waals surface area contributed by atoms with Crippen molar-refractivity contribution in [1.29, 1.82) is 0 Å². The molecule has 0 heterocycles. The van der Waals surface area contributed by atoms with Crippen molar-refractivity contribution in [1.82, 2.24) is 0 Å². The lowest BCUT2D eigenvalue weighted by atomic mass is 9.91. The Bertz CT molecular complexity index is 953. The highest BCUT2D eigenvalue weighted by molar-refractivity contribution is 7.47. The van der Waals surface area contributed by atoms with Gasteiger partial charge in [0.1, 0.15) is 6.10 Å². The summed E-state index contributed by atoms with van der Waals surface area (Å²) in [6.45, 7) is 24.4. The van der Waals surface area contributed by atoms with E-state index in [1.807, 2.05) is 0 Å². The average Bonchev–Trinajstić information content (AvgIpc) is 3.07. The minimum Gasteiger partial charge on any atom is -0.375 e. The third-order valence-electron chi connectivity index (χ3n) is 10.7. The van der Waals surface area contributed by atoms with Crippen LogP contribution in [-0.2, 0) is 23.1 Å². The van der Waals surface area contributed by atoms with E-state index in [2.05, 4.69) is 81.4 Å². The Labute approximate surface area is 330 Å². The van der Waals surface area contributed by atoms with Crippen LogP contribution in [0, 0.1) is 35.5 Å². The lowest BCUT2D eigenvalue weighted by molar-refractivity contribution is -0.0284. The van der Waals surface area contributed by atoms with E-state index >= 15 is 0 Å². The molecule has 0 aliphatic carbocycles. The minimum absolute atomic E-state index is 0.0471. The first-order valence-electron chi connectivity index (χ1n) is 22.0. The molecule has 7 nitrogen and oxygen atoms in total. The Kier molecular flexibility index (Phi) is 33.3. The van der Waals surface area contributed by atoms with E-state index in [0.29, 0.717) is 13.2 Å². The molecular weight excluding hydrogens is 681 g/mol. The molecule has 0 amide bonds. The Hall–Kier alpha value is -0.530. The molecule has 0 saturated carbocycles. The molecule has 0 rings (SSSR count). The fraction of sp³-hybridized carbons (Fsp3) is 0.911. The van der Waals surface area contributed by atoms with Crippen LogP contribution in [-0.4, -0.2) is 50.6 Å². The van der Waals surface area contributed by atoms with Gasteiger partial charge in [-0.3, -0.25) is 9.05 Å². The van der Waals surface area contributed by atoms with Crippen molar-refractivity contribution >= 4 is 7.82 Å². The highest BCUT2D eigenvalue weighted by atomic mass is 31.2. The molecule has 0 bridgehead atoms. The molecule has 0 aliphatic heterocycles. The molecule has 5 unspecified atom stereocenters. The third kappa shape index (κ3) is 35.6. The first-order valence-corrected chi connectivity index (χ1v) is 23.4. The van der Waals surface area contributed by atoms with Crippen LogP contribution in [0.3, 0.4) is 0 Å². The first-order chi connectivity index (χ1) is 25.1. The van der Waals surface area contributed by atoms with Crippen LogP contribution >= 0.6 is 7.82 Å². The summed E-state index contributed by atoms with van der Waals surface area (Å²) in [6, 6.07) is 0. The normalized spacial score (nSPS) is 16.9. The second kappa shape index (κ2) is 33.6. The van der Waals surface area contributed by atoms with Gasteiger partial charge in [-0.2, -0.15) is 0 Å². The smallest absolute Gasteiger partial charge is 0.375 e. The number of ether oxygens (including phenoxy) is 2. The van der Waals surface area contributed by atoms with Gasteiger partial charge in [0.15, 0.2) is 0 Å². The molecule has 53 heavy (non-hydrogen) atoms. The van der Waals surface area contributed by atoms with Crippen LogP contribution in [0.25, 0.3) is 0 Å². The molecule has 316 valence electrons. The summed E-state index contributed by atoms with van der Waals surface area (Å²) in [5.74, 6) is 4.86. The third-order valence-corrected chi connectivity index (χ3v) is 11.7. The van der Waals surface area contributed by atoms with Crippen molar-refractivity contribution < 1.29 is 28.0 Å². The molecule has 6 atom stereocenters. The Morgan fingerprint density at radius 2 is 0.981 bits per heavy atom. The van der Waals surface area contributed by atoms with Crippen molar-refractivity contribution in [3.05, 3.63) is 23.3 Å². The van der Waals surface area contributed by atoms with Gasteiger partial charge in [0.05, 0.1) is 33.0 Å². The van der Waals surface area contributed by atoms with Gasteiger partial charge in [-0.05, 0) is 75.0 Å². The van der Waals surface area contributed by atoms with E-state index in [4.69, 9.17) is 24.3 Å². The average molecular weight is 772 g/mol. The van der Waals surface area contributed by atoms with Crippen LogP contribution in [0.15, 0.2) is 23.3 Å². The van der Waals surface area contributed by atoms with Crippen molar-refractivity contribution in [3.63, 3.8) is 0 Å². The molecule has 0 aliphatic rings. The molecule has 0 aromatic rings. The highest BCUT2D eigenvalue weighted by Crippen LogP contribution is 2.43. The van der Waals surface area contributed by atoms with E-state index in [1.165, 1.54) is 114 Å². The summed E-state index contributed by atoms with van der Waals surface area (Å²) in [4.78, 5) is 10.0. The lowest BCUT2D eigenvalue weighted by Crippen LogP contribution is -2.26. The maximum atomic E-state index is 12.2. The summed E-state index contributed by atoms with van der Waals surface area (Å²) >= 11 is 0. The van der Waals surface area contributed by atoms with Crippen LogP contribution in [0.4, 0.5) is 0 Å². The number of phosphoric acid groups is 1. The molecule has 0 aromatic heterocycles. The molecule has 8 heteroatoms. The number of hydrogen-bond acceptors (Lipinski definition) is 6. The van der Waals surface area contributed by atoms with Crippen LogP contribution in [0.1, 0.15) is 185 Å². The van der Waals surface area contributed by atoms with Crippen LogP contribution in [0.2, 0.25) is 0 Å². The van der Waals surface area contributed by atoms with Crippen molar-refractivity contribution in [2.75, 3.05) is 39.6 Å². The predicted molar refractivity (Wildman–Crippen MR) is 228 cm³/mol. The van der Waals surface area contributed by atoms with Gasteiger partial charge in [0.2, 0.25) is 0 Å². The summed E-state index contributed by atoms with van der Waals surface area (Å²) in [6.07, 6.45) is 27.0. The maximum Gasteiger partial charge on any atom is 0.472 e. The zero-order valence-electron chi connectivity index (χ0n) is 36.7. The summed E-state index contributed by atoms with van der Waals surface area (Å²) in [7, 11) is -4.20. The number of hydrogen-bond donors (Lipinski definition) is 2. The number of nitrogens with two attached hydrogens (primary N) is 1. The monoisotopic (exact) mass is 772 g/mol. The van der Waals surface area contributed by atoms with Gasteiger partial charge in [-0.15, -0.1) is 0 Å². The molecule has 0 aromatic carbocycles. The van der Waals surface area contributed by atoms with E-state index in [-0.39, 0.29) is 26.4 Å². The summed E-state index contributed by atoms with van der Waals surface area (Å²) < 4.78 is 34.4. The predicted octanol–water partition coefficient (Wildman–Crippen LogP) is 13.3. The summed E-state index contributed by atoms with van der Waals surface area (Å²) in [5, 5.41) is 0. The lowest BCUT2D eigenvalue weighted by Gasteiger charge is -2.19. The molecule has 0 radical (unpaired) electrons. The molecule has 0 saturated heterocycles. The number of allylic oxidation sites excluding steroid dienone is 2. The number of phosphoric ester groups is 1. The summed E-state index contributed by atoms with van der Waals surface area (Å²) in [5.41, 5.74) is 8.06. The van der Waals surface area contributed by atoms with Crippen LogP contribution in [0.5, 0.6) is 0 Å². The van der Waals surface area contributed by atoms with Gasteiger partial charge in [-0.25, -0.2) is 4.57 Å². The number of rotatable bonds is 37. The molecule has 0 spiro atoms. The van der Waals surface area contributed by atoms with Gasteiger partial charge >= 0.3 is 7.82 Å². The van der Waals surface area contributed by atoms with E-state index in [0.717, 1.165) is 48.3 Å². The fourth-order valence-corrected chi connectivity index (χ4v) is 7.64. The minimum atomic E-state index is -4.20. The van der Waals surface area contributed by atoms with Gasteiger partial charge in [0.25, 0.3) is 0 Å². The largest absolute Gasteiger partial charge is 0.472 e. The standard InChI is InChI=1S/C45H90NO6P/c1-37(2)17-11-19-39(5)21-13-23-41(7)25-15-27-43(9)29-32-49-35-45(36-52-53(47,48)51-34-31-46)50-33-30-44(10)28-16-26-42(8)24-14-22-40(6)20-12-18-38(3)4/h29-30,37-42,45H,11-28,31-36,46H2,1-10H3,(H,47,48)/t39?,40?,41?,42?,45-/m0/s1. The van der Waals surface area contributed by atoms with Gasteiger partial charge < -0.3 is 20.1 Å². The Morgan fingerprint density at radius 1 is 0.585 bits per heavy atom. The second-order valence-electron chi connectivity index (χ2n) is 17.7. The Balaban J connectivity index is 4.55. The SMILES string of the molecule is CC(=CCOC[C@@H](COP(=O)(O)OCCN)OCC=C(C)CCCC(C)CCCC(C)CCCC(C)C)CCCC(C)CCCC(C)CCCC(C)C. The topological polar surface area (TPSA) is 100 Å². The molecule has 3 N–H and O–H groups in total. The van der Waals surface area contributed by atoms with Crippen molar-refractivity contribution in [3.8, 4) is 0 Å².